The molecule has 0 aromatic heterocycles. The molecule has 9 nitrogen and oxygen atoms in total. The molecule has 3 amide bonds. The quantitative estimate of drug-likeness (QED) is 0.336. The third-order valence-corrected chi connectivity index (χ3v) is 4.79. The summed E-state index contributed by atoms with van der Waals surface area (Å²) < 4.78 is 5.10. The van der Waals surface area contributed by atoms with Gasteiger partial charge in [-0.15, -0.1) is 0 Å². The predicted molar refractivity (Wildman–Crippen MR) is 116 cm³/mol. The van der Waals surface area contributed by atoms with Gasteiger partial charge in [-0.1, -0.05) is 31.9 Å². The molecule has 1 fully saturated rings. The molecule has 0 aromatic carbocycles. The number of carboxylic acid groups (broad SMARTS) is 1. The predicted octanol–water partition coefficient (Wildman–Crippen LogP) is 2.60. The lowest BCUT2D eigenvalue weighted by atomic mass is 10.1. The summed E-state index contributed by atoms with van der Waals surface area (Å²) in [5.74, 6) is -2.02. The fourth-order valence-electron chi connectivity index (χ4n) is 3.25. The molecular weight excluding hydrogens is 402 g/mol. The second-order valence-corrected chi connectivity index (χ2v) is 8.70. The summed E-state index contributed by atoms with van der Waals surface area (Å²) in [5.41, 5.74) is -0.681. The second-order valence-electron chi connectivity index (χ2n) is 8.70. The number of carboxylic acids is 1. The van der Waals surface area contributed by atoms with E-state index in [1.807, 2.05) is 6.08 Å². The molecule has 31 heavy (non-hydrogen) atoms. The molecule has 2 atom stereocenters. The second kappa shape index (κ2) is 13.0. The van der Waals surface area contributed by atoms with Crippen LogP contribution in [0.1, 0.15) is 72.6 Å². The van der Waals surface area contributed by atoms with Gasteiger partial charge >= 0.3 is 12.1 Å². The summed E-state index contributed by atoms with van der Waals surface area (Å²) in [6, 6.07) is -1.80. The minimum atomic E-state index is -1.12. The Bertz CT molecular complexity index is 656. The van der Waals surface area contributed by atoms with E-state index in [0.29, 0.717) is 19.4 Å². The van der Waals surface area contributed by atoms with Crippen molar-refractivity contribution in [1.29, 1.82) is 0 Å². The van der Waals surface area contributed by atoms with Crippen molar-refractivity contribution in [2.45, 2.75) is 90.3 Å². The van der Waals surface area contributed by atoms with E-state index in [0.717, 1.165) is 25.7 Å². The van der Waals surface area contributed by atoms with Gasteiger partial charge in [-0.3, -0.25) is 9.59 Å². The molecule has 1 saturated heterocycles. The minimum absolute atomic E-state index is 0.189. The fraction of sp³-hybridized carbons (Fsp3) is 0.727. The van der Waals surface area contributed by atoms with Gasteiger partial charge in [0, 0.05) is 6.54 Å². The average molecular weight is 440 g/mol. The van der Waals surface area contributed by atoms with Crippen LogP contribution in [-0.2, 0) is 19.1 Å². The maximum absolute atomic E-state index is 12.7. The smallest absolute Gasteiger partial charge is 0.408 e. The molecule has 1 aliphatic heterocycles. The van der Waals surface area contributed by atoms with E-state index >= 15 is 0 Å². The van der Waals surface area contributed by atoms with E-state index in [9.17, 15) is 24.3 Å². The van der Waals surface area contributed by atoms with Gasteiger partial charge in [-0.05, 0) is 52.9 Å². The van der Waals surface area contributed by atoms with Crippen molar-refractivity contribution in [1.82, 2.24) is 15.5 Å². The zero-order chi connectivity index (χ0) is 23.4. The van der Waals surface area contributed by atoms with Crippen LogP contribution in [0, 0.1) is 0 Å². The maximum Gasteiger partial charge on any atom is 0.408 e. The molecule has 0 saturated carbocycles. The largest absolute Gasteiger partial charge is 0.480 e. The van der Waals surface area contributed by atoms with Crippen LogP contribution >= 0.6 is 0 Å². The van der Waals surface area contributed by atoms with Crippen LogP contribution in [0.5, 0.6) is 0 Å². The van der Waals surface area contributed by atoms with E-state index in [4.69, 9.17) is 4.74 Å². The molecule has 0 spiro atoms. The molecule has 9 heteroatoms. The monoisotopic (exact) mass is 439 g/mol. The normalized spacial score (nSPS) is 17.4. The molecule has 2 unspecified atom stereocenters. The average Bonchev–Trinajstić information content (AvgIpc) is 3.16. The first-order valence-corrected chi connectivity index (χ1v) is 11.0. The minimum Gasteiger partial charge on any atom is -0.480 e. The van der Waals surface area contributed by atoms with Gasteiger partial charge in [0.2, 0.25) is 11.8 Å². The van der Waals surface area contributed by atoms with Crippen molar-refractivity contribution in [3.63, 3.8) is 0 Å². The lowest BCUT2D eigenvalue weighted by Gasteiger charge is -2.26. The zero-order valence-corrected chi connectivity index (χ0v) is 19.1. The Morgan fingerprint density at radius 3 is 2.52 bits per heavy atom. The number of nitrogens with zero attached hydrogens (tertiary/aromatic N) is 1. The number of alkyl carbamates (subject to hydrolysis) is 1. The van der Waals surface area contributed by atoms with Gasteiger partial charge < -0.3 is 25.4 Å². The van der Waals surface area contributed by atoms with Crippen molar-refractivity contribution < 1.29 is 29.0 Å². The number of hydrogen-bond donors (Lipinski definition) is 3. The highest BCUT2D eigenvalue weighted by Crippen LogP contribution is 2.18. The standard InChI is InChI=1S/C22H37N3O6/c1-5-6-7-8-9-10-12-16(20(28)29)24-19(27)17-13-11-14-25(17)18(26)15-23-21(30)31-22(2,3)4/h9-10,16-17H,5-8,11-15H2,1-4H3,(H,23,30)(H,24,27)(H,28,29)/b10-9-. The van der Waals surface area contributed by atoms with Gasteiger partial charge in [-0.25, -0.2) is 9.59 Å². The molecule has 0 aliphatic carbocycles. The van der Waals surface area contributed by atoms with E-state index in [1.54, 1.807) is 26.8 Å². The number of ether oxygens (including phenoxy) is 1. The van der Waals surface area contributed by atoms with Gasteiger partial charge in [-0.2, -0.15) is 0 Å². The summed E-state index contributed by atoms with van der Waals surface area (Å²) in [6.45, 7) is 7.35. The molecule has 176 valence electrons. The van der Waals surface area contributed by atoms with E-state index in [-0.39, 0.29) is 13.0 Å². The van der Waals surface area contributed by atoms with Crippen LogP contribution in [0.2, 0.25) is 0 Å². The van der Waals surface area contributed by atoms with Crippen LogP contribution in [0.25, 0.3) is 0 Å². The summed E-state index contributed by atoms with van der Waals surface area (Å²) in [6.07, 6.45) is 8.43. The lowest BCUT2D eigenvalue weighted by Crippen LogP contribution is -2.52. The van der Waals surface area contributed by atoms with Crippen LogP contribution < -0.4 is 10.6 Å². The Morgan fingerprint density at radius 2 is 1.90 bits per heavy atom. The number of likely N-dealkylation sites (tertiary alicyclic amines) is 1. The Kier molecular flexibility index (Phi) is 11.1. The fourth-order valence-corrected chi connectivity index (χ4v) is 3.25. The topological polar surface area (TPSA) is 125 Å². The number of nitrogens with one attached hydrogen (secondary N) is 2. The molecule has 3 N–H and O–H groups in total. The van der Waals surface area contributed by atoms with E-state index in [2.05, 4.69) is 17.6 Å². The van der Waals surface area contributed by atoms with Crippen LogP contribution in [0.4, 0.5) is 4.79 Å². The lowest BCUT2D eigenvalue weighted by molar-refractivity contribution is -0.143. The Hall–Kier alpha value is -2.58. The third kappa shape index (κ3) is 10.3. The molecule has 1 rings (SSSR count). The highest BCUT2D eigenvalue weighted by Gasteiger charge is 2.35. The number of hydrogen-bond acceptors (Lipinski definition) is 5. The molecule has 0 bridgehead atoms. The number of allylic oxidation sites excluding steroid dienone is 1. The number of rotatable bonds is 11. The number of aliphatic carboxylic acids is 1. The van der Waals surface area contributed by atoms with Crippen molar-refractivity contribution in [3.05, 3.63) is 12.2 Å². The first-order valence-electron chi connectivity index (χ1n) is 11.0. The highest BCUT2D eigenvalue weighted by molar-refractivity contribution is 5.92. The van der Waals surface area contributed by atoms with Crippen molar-refractivity contribution in [2.75, 3.05) is 13.1 Å². The third-order valence-electron chi connectivity index (χ3n) is 4.79. The number of carbonyl (C=O) groups is 4. The number of carbonyl (C=O) groups excluding carboxylic acids is 3. The van der Waals surface area contributed by atoms with Gasteiger partial charge in [0.05, 0.1) is 0 Å². The first kappa shape index (κ1) is 26.5. The van der Waals surface area contributed by atoms with E-state index in [1.165, 1.54) is 4.90 Å². The molecule has 0 aromatic rings. The number of unbranched alkanes of at least 4 members (excludes halogenated alkanes) is 3. The summed E-state index contributed by atoms with van der Waals surface area (Å²) >= 11 is 0. The summed E-state index contributed by atoms with van der Waals surface area (Å²) in [5, 5.41) is 14.4. The first-order chi connectivity index (χ1) is 14.5. The molecular formula is C22H37N3O6. The van der Waals surface area contributed by atoms with Crippen molar-refractivity contribution >= 4 is 23.9 Å². The molecule has 0 radical (unpaired) electrons. The van der Waals surface area contributed by atoms with Gasteiger partial charge in [0.15, 0.2) is 0 Å². The van der Waals surface area contributed by atoms with Gasteiger partial charge in [0.1, 0.15) is 24.2 Å². The summed E-state index contributed by atoms with van der Waals surface area (Å²) in [4.78, 5) is 49.8. The Balaban J connectivity index is 2.58. The van der Waals surface area contributed by atoms with E-state index < -0.39 is 41.6 Å². The van der Waals surface area contributed by atoms with Crippen LogP contribution in [-0.4, -0.2) is 64.7 Å². The highest BCUT2D eigenvalue weighted by atomic mass is 16.6. The number of amides is 3. The van der Waals surface area contributed by atoms with Crippen molar-refractivity contribution in [3.8, 4) is 0 Å². The van der Waals surface area contributed by atoms with Crippen LogP contribution in [0.15, 0.2) is 12.2 Å². The van der Waals surface area contributed by atoms with Crippen LogP contribution in [0.3, 0.4) is 0 Å². The molecule has 1 aliphatic rings. The maximum atomic E-state index is 12.7. The molecule has 1 heterocycles. The zero-order valence-electron chi connectivity index (χ0n) is 19.1. The summed E-state index contributed by atoms with van der Waals surface area (Å²) in [7, 11) is 0. The van der Waals surface area contributed by atoms with Crippen molar-refractivity contribution in [2.24, 2.45) is 0 Å². The van der Waals surface area contributed by atoms with Gasteiger partial charge in [0.25, 0.3) is 0 Å². The Morgan fingerprint density at radius 1 is 1.19 bits per heavy atom. The Labute approximate surface area is 184 Å². The SMILES string of the molecule is CCCCC/C=C\CC(NC(=O)C1CCCN1C(=O)CNC(=O)OC(C)(C)C)C(=O)O.